The Morgan fingerprint density at radius 3 is 2.64 bits per heavy atom. The van der Waals surface area contributed by atoms with E-state index in [1.807, 2.05) is 0 Å². The first kappa shape index (κ1) is 9.97. The fourth-order valence-electron chi connectivity index (χ4n) is 0.438. The number of allylic oxidation sites excluding steroid dienone is 1. The molecule has 4 nitrogen and oxygen atoms in total. The molecule has 0 heterocycles. The fraction of sp³-hybridized carbons (Fsp3) is 0.571. The molecule has 0 radical (unpaired) electrons. The normalized spacial score (nSPS) is 11.3. The fourth-order valence-corrected chi connectivity index (χ4v) is 0.438. The Balaban J connectivity index is 3.46. The summed E-state index contributed by atoms with van der Waals surface area (Å²) in [6, 6.07) is 0. The molecule has 0 aromatic heterocycles. The molecule has 0 atom stereocenters. The van der Waals surface area contributed by atoms with Crippen molar-refractivity contribution >= 4 is 5.97 Å². The Morgan fingerprint density at radius 1 is 1.55 bits per heavy atom. The third-order valence-corrected chi connectivity index (χ3v) is 0.859. The predicted octanol–water partition coefficient (Wildman–Crippen LogP) is 0.638. The van der Waals surface area contributed by atoms with Gasteiger partial charge in [0.05, 0.1) is 18.4 Å². The summed E-state index contributed by atoms with van der Waals surface area (Å²) in [6.07, 6.45) is 1.01. The molecule has 0 amide bonds. The molecule has 4 heteroatoms. The molecule has 0 bridgehead atoms. The number of hydrogen-bond donors (Lipinski definition) is 1. The summed E-state index contributed by atoms with van der Waals surface area (Å²) in [6.45, 7) is 1.97. The lowest BCUT2D eigenvalue weighted by Crippen LogP contribution is -2.07. The van der Waals surface area contributed by atoms with E-state index in [2.05, 4.69) is 9.47 Å². The highest BCUT2D eigenvalue weighted by molar-refractivity contribution is 5.82. The van der Waals surface area contributed by atoms with Crippen LogP contribution in [0.5, 0.6) is 0 Å². The van der Waals surface area contributed by atoms with Crippen LogP contribution in [0.3, 0.4) is 0 Å². The van der Waals surface area contributed by atoms with Gasteiger partial charge in [0, 0.05) is 7.11 Å². The van der Waals surface area contributed by atoms with Gasteiger partial charge in [-0.1, -0.05) is 0 Å². The molecule has 0 aliphatic rings. The van der Waals surface area contributed by atoms with E-state index >= 15 is 0 Å². The van der Waals surface area contributed by atoms with Crippen molar-refractivity contribution in [3.8, 4) is 0 Å². The Morgan fingerprint density at radius 2 is 2.18 bits per heavy atom. The number of rotatable bonds is 4. The van der Waals surface area contributed by atoms with E-state index in [9.17, 15) is 4.79 Å². The van der Waals surface area contributed by atoms with Crippen molar-refractivity contribution in [3.63, 3.8) is 0 Å². The second-order valence-electron chi connectivity index (χ2n) is 1.95. The van der Waals surface area contributed by atoms with Crippen LogP contribution in [0.1, 0.15) is 6.92 Å². The van der Waals surface area contributed by atoms with Crippen LogP contribution in [-0.4, -0.2) is 31.4 Å². The average Bonchev–Trinajstić information content (AvgIpc) is 1.86. The van der Waals surface area contributed by atoms with Gasteiger partial charge in [-0.2, -0.15) is 0 Å². The van der Waals surface area contributed by atoms with Gasteiger partial charge in [0.25, 0.3) is 0 Å². The van der Waals surface area contributed by atoms with Crippen LogP contribution in [0.25, 0.3) is 0 Å². The molecule has 0 fully saturated rings. The Kier molecular flexibility index (Phi) is 5.20. The van der Waals surface area contributed by atoms with E-state index in [4.69, 9.17) is 5.11 Å². The molecule has 11 heavy (non-hydrogen) atoms. The summed E-state index contributed by atoms with van der Waals surface area (Å²) in [4.78, 5) is 10.6. The molecular formula is C7H12O4. The molecule has 1 N–H and O–H groups in total. The van der Waals surface area contributed by atoms with E-state index < -0.39 is 5.97 Å². The van der Waals surface area contributed by atoms with Gasteiger partial charge in [0.2, 0.25) is 0 Å². The van der Waals surface area contributed by atoms with Crippen LogP contribution in [-0.2, 0) is 14.3 Å². The summed E-state index contributed by atoms with van der Waals surface area (Å²) in [5.74, 6) is -0.616. The quantitative estimate of drug-likeness (QED) is 0.284. The molecule has 0 aromatic rings. The molecule has 0 rings (SSSR count). The van der Waals surface area contributed by atoms with E-state index in [-0.39, 0.29) is 12.4 Å². The van der Waals surface area contributed by atoms with Crippen molar-refractivity contribution < 1.29 is 19.4 Å². The minimum Gasteiger partial charge on any atom is -0.512 e. The van der Waals surface area contributed by atoms with Crippen molar-refractivity contribution in [1.29, 1.82) is 0 Å². The third kappa shape index (κ3) is 6.86. The lowest BCUT2D eigenvalue weighted by Gasteiger charge is -1.99. The van der Waals surface area contributed by atoms with Gasteiger partial charge in [0.1, 0.15) is 6.61 Å². The molecule has 64 valence electrons. The van der Waals surface area contributed by atoms with Crippen LogP contribution in [0.2, 0.25) is 0 Å². The van der Waals surface area contributed by atoms with E-state index in [1.165, 1.54) is 14.0 Å². The van der Waals surface area contributed by atoms with Gasteiger partial charge < -0.3 is 14.6 Å². The highest BCUT2D eigenvalue weighted by atomic mass is 16.6. The number of aliphatic hydroxyl groups excluding tert-OH is 1. The van der Waals surface area contributed by atoms with Gasteiger partial charge in [-0.05, 0) is 6.92 Å². The van der Waals surface area contributed by atoms with Crippen molar-refractivity contribution in [2.24, 2.45) is 0 Å². The van der Waals surface area contributed by atoms with Crippen molar-refractivity contribution in [3.05, 3.63) is 11.8 Å². The van der Waals surface area contributed by atoms with Crippen LogP contribution < -0.4 is 0 Å². The molecule has 0 unspecified atom stereocenters. The van der Waals surface area contributed by atoms with Crippen molar-refractivity contribution in [2.45, 2.75) is 6.92 Å². The van der Waals surface area contributed by atoms with Crippen LogP contribution in [0, 0.1) is 0 Å². The lowest BCUT2D eigenvalue weighted by atomic mass is 10.5. The summed E-state index contributed by atoms with van der Waals surface area (Å²) in [7, 11) is 1.51. The molecule has 0 aliphatic heterocycles. The zero-order valence-corrected chi connectivity index (χ0v) is 6.66. The van der Waals surface area contributed by atoms with Gasteiger partial charge in [0.15, 0.2) is 0 Å². The monoisotopic (exact) mass is 160 g/mol. The first-order chi connectivity index (χ1) is 5.16. The summed E-state index contributed by atoms with van der Waals surface area (Å²) < 4.78 is 9.23. The SMILES string of the molecule is COCCOC(=O)/C=C(/C)O. The zero-order chi connectivity index (χ0) is 8.69. The number of methoxy groups -OCH3 is 1. The highest BCUT2D eigenvalue weighted by Gasteiger charge is 1.96. The molecule has 0 saturated heterocycles. The number of carbonyl (C=O) groups excluding carboxylic acids is 1. The van der Waals surface area contributed by atoms with Crippen molar-refractivity contribution in [2.75, 3.05) is 20.3 Å². The predicted molar refractivity (Wildman–Crippen MR) is 39.2 cm³/mol. The molecule has 0 saturated carbocycles. The Bertz CT molecular complexity index is 147. The average molecular weight is 160 g/mol. The van der Waals surface area contributed by atoms with Gasteiger partial charge in [-0.15, -0.1) is 0 Å². The number of hydrogen-bond acceptors (Lipinski definition) is 4. The van der Waals surface area contributed by atoms with Crippen LogP contribution in [0.4, 0.5) is 0 Å². The Labute approximate surface area is 65.4 Å². The van der Waals surface area contributed by atoms with Crippen molar-refractivity contribution in [1.82, 2.24) is 0 Å². The standard InChI is InChI=1S/C7H12O4/c1-6(8)5-7(9)11-4-3-10-2/h5,8H,3-4H2,1-2H3/b6-5-. The van der Waals surface area contributed by atoms with Crippen LogP contribution >= 0.6 is 0 Å². The largest absolute Gasteiger partial charge is 0.512 e. The molecule has 0 aliphatic carbocycles. The van der Waals surface area contributed by atoms with Gasteiger partial charge in [-0.3, -0.25) is 0 Å². The summed E-state index contributed by atoms with van der Waals surface area (Å²) in [5, 5.41) is 8.61. The first-order valence-corrected chi connectivity index (χ1v) is 3.19. The van der Waals surface area contributed by atoms with E-state index in [1.54, 1.807) is 0 Å². The number of ether oxygens (including phenoxy) is 2. The zero-order valence-electron chi connectivity index (χ0n) is 6.66. The number of esters is 1. The summed E-state index contributed by atoms with van der Waals surface area (Å²) in [5.41, 5.74) is 0. The molecule has 0 aromatic carbocycles. The summed E-state index contributed by atoms with van der Waals surface area (Å²) >= 11 is 0. The van der Waals surface area contributed by atoms with E-state index in [0.29, 0.717) is 6.61 Å². The number of carbonyl (C=O) groups is 1. The van der Waals surface area contributed by atoms with E-state index in [0.717, 1.165) is 6.08 Å². The number of aliphatic hydroxyl groups is 1. The topological polar surface area (TPSA) is 55.8 Å². The first-order valence-electron chi connectivity index (χ1n) is 3.19. The minimum atomic E-state index is -0.554. The Hall–Kier alpha value is -1.03. The van der Waals surface area contributed by atoms with Crippen LogP contribution in [0.15, 0.2) is 11.8 Å². The smallest absolute Gasteiger partial charge is 0.334 e. The minimum absolute atomic E-state index is 0.0626. The maximum atomic E-state index is 10.6. The lowest BCUT2D eigenvalue weighted by molar-refractivity contribution is -0.139. The highest BCUT2D eigenvalue weighted by Crippen LogP contribution is 1.87. The van der Waals surface area contributed by atoms with Gasteiger partial charge >= 0.3 is 5.97 Å². The maximum Gasteiger partial charge on any atom is 0.334 e. The maximum absolute atomic E-state index is 10.6. The second-order valence-corrected chi connectivity index (χ2v) is 1.95. The third-order valence-electron chi connectivity index (χ3n) is 0.859. The second kappa shape index (κ2) is 5.73. The molecule has 0 spiro atoms. The van der Waals surface area contributed by atoms with Gasteiger partial charge in [-0.25, -0.2) is 4.79 Å². The molecular weight excluding hydrogens is 148 g/mol.